The van der Waals surface area contributed by atoms with Crippen molar-refractivity contribution in [2.45, 2.75) is 38.0 Å². The van der Waals surface area contributed by atoms with Gasteiger partial charge < -0.3 is 15.2 Å². The fourth-order valence-electron chi connectivity index (χ4n) is 4.55. The van der Waals surface area contributed by atoms with Gasteiger partial charge in [0.1, 0.15) is 12.2 Å². The Balaban J connectivity index is 2.05. The molecule has 1 aliphatic rings. The van der Waals surface area contributed by atoms with Crippen molar-refractivity contribution in [3.8, 4) is 0 Å². The Kier molecular flexibility index (Phi) is 4.66. The zero-order valence-corrected chi connectivity index (χ0v) is 16.0. The van der Waals surface area contributed by atoms with Crippen molar-refractivity contribution in [3.05, 3.63) is 81.9 Å². The summed E-state index contributed by atoms with van der Waals surface area (Å²) in [4.78, 5) is 26.2. The molecule has 4 rings (SSSR count). The molecule has 0 radical (unpaired) electrons. The third kappa shape index (κ3) is 2.99. The average Bonchev–Trinajstić information content (AvgIpc) is 3.21. The topological polar surface area (TPSA) is 116 Å². The highest BCUT2D eigenvalue weighted by Crippen LogP contribution is 2.46. The lowest BCUT2D eigenvalue weighted by Gasteiger charge is -2.34. The van der Waals surface area contributed by atoms with Crippen LogP contribution in [0.5, 0.6) is 0 Å². The summed E-state index contributed by atoms with van der Waals surface area (Å²) in [6, 6.07) is 10.4. The highest BCUT2D eigenvalue weighted by Gasteiger charge is 2.43. The minimum absolute atomic E-state index is 0.240. The number of benzene rings is 2. The molecule has 1 aliphatic carbocycles. The van der Waals surface area contributed by atoms with Crippen LogP contribution in [0.3, 0.4) is 0 Å². The number of nitrogens with one attached hydrogen (secondary N) is 1. The second kappa shape index (κ2) is 7.16. The number of nitrogens with zero attached hydrogens (tertiary/aromatic N) is 2. The zero-order chi connectivity index (χ0) is 20.6. The molecule has 1 heterocycles. The summed E-state index contributed by atoms with van der Waals surface area (Å²) in [5.41, 5.74) is 3.67. The van der Waals surface area contributed by atoms with E-state index in [4.69, 9.17) is 0 Å². The van der Waals surface area contributed by atoms with Crippen LogP contribution in [0.1, 0.15) is 68.6 Å². The molecular weight excluding hydrogens is 370 g/mol. The van der Waals surface area contributed by atoms with Crippen molar-refractivity contribution in [1.82, 2.24) is 15.2 Å². The number of aromatic amines is 1. The Labute approximate surface area is 167 Å². The average molecular weight is 391 g/mol. The van der Waals surface area contributed by atoms with Gasteiger partial charge in [0, 0.05) is 0 Å². The van der Waals surface area contributed by atoms with Gasteiger partial charge in [-0.05, 0) is 65.8 Å². The summed E-state index contributed by atoms with van der Waals surface area (Å²) in [6.45, 7) is 2.08. The number of aryl methyl sites for hydroxylation is 2. The first-order valence-electron chi connectivity index (χ1n) is 9.57. The van der Waals surface area contributed by atoms with Crippen molar-refractivity contribution in [1.29, 1.82) is 0 Å². The summed E-state index contributed by atoms with van der Waals surface area (Å²) in [7, 11) is 0. The zero-order valence-electron chi connectivity index (χ0n) is 16.0. The maximum atomic E-state index is 11.5. The Morgan fingerprint density at radius 3 is 1.97 bits per heavy atom. The molecule has 148 valence electrons. The van der Waals surface area contributed by atoms with Gasteiger partial charge in [-0.25, -0.2) is 9.59 Å². The number of rotatable bonds is 5. The second-order valence-electron chi connectivity index (χ2n) is 7.35. The monoisotopic (exact) mass is 391 g/mol. The normalized spacial score (nSPS) is 14.5. The van der Waals surface area contributed by atoms with Crippen LogP contribution in [-0.4, -0.2) is 37.3 Å². The van der Waals surface area contributed by atoms with E-state index in [1.165, 1.54) is 6.33 Å². The summed E-state index contributed by atoms with van der Waals surface area (Å²) >= 11 is 0. The van der Waals surface area contributed by atoms with Crippen molar-refractivity contribution >= 4 is 11.9 Å². The Morgan fingerprint density at radius 2 is 1.55 bits per heavy atom. The number of carbonyl (C=O) groups is 2. The second-order valence-corrected chi connectivity index (χ2v) is 7.35. The highest BCUT2D eigenvalue weighted by atomic mass is 16.4. The van der Waals surface area contributed by atoms with Crippen molar-refractivity contribution < 1.29 is 19.8 Å². The predicted octanol–water partition coefficient (Wildman–Crippen LogP) is 3.43. The molecule has 1 aromatic heterocycles. The molecule has 29 heavy (non-hydrogen) atoms. The van der Waals surface area contributed by atoms with Gasteiger partial charge in [-0.3, -0.25) is 0 Å². The maximum absolute atomic E-state index is 11.5. The summed E-state index contributed by atoms with van der Waals surface area (Å²) < 4.78 is 0. The highest BCUT2D eigenvalue weighted by molar-refractivity contribution is 5.89. The van der Waals surface area contributed by atoms with Gasteiger partial charge in [0.2, 0.25) is 0 Å². The summed E-state index contributed by atoms with van der Waals surface area (Å²) in [6.07, 6.45) is 4.34. The number of H-pyrrole nitrogens is 1. The number of aromatic nitrogens is 3. The number of carboxylic acids is 2. The molecule has 0 bridgehead atoms. The van der Waals surface area contributed by atoms with Gasteiger partial charge in [0.05, 0.1) is 16.5 Å². The fourth-order valence-corrected chi connectivity index (χ4v) is 4.55. The summed E-state index contributed by atoms with van der Waals surface area (Å²) in [5.74, 6) is -1.26. The molecule has 0 saturated carbocycles. The Morgan fingerprint density at radius 1 is 1.00 bits per heavy atom. The van der Waals surface area contributed by atoms with Crippen LogP contribution in [0.15, 0.2) is 42.7 Å². The standard InChI is InChI=1S/C22H21N3O4/c1-2-9-22(21-23-12-24-25-21)17-7-5-15(19(26)27)10-13(17)3-4-14-11-16(20(28)29)6-8-18(14)22/h5-8,10-12H,2-4,9H2,1H3,(H,26,27)(H,28,29)(H,23,24,25). The van der Waals surface area contributed by atoms with Crippen molar-refractivity contribution in [2.75, 3.05) is 0 Å². The van der Waals surface area contributed by atoms with E-state index >= 15 is 0 Å². The molecule has 2 aromatic carbocycles. The molecule has 3 aromatic rings. The third-order valence-electron chi connectivity index (χ3n) is 5.73. The first kappa shape index (κ1) is 18.9. The van der Waals surface area contributed by atoms with Gasteiger partial charge in [-0.1, -0.05) is 25.5 Å². The molecule has 0 fully saturated rings. The summed E-state index contributed by atoms with van der Waals surface area (Å²) in [5, 5.41) is 27.2. The number of hydrogen-bond acceptors (Lipinski definition) is 4. The lowest BCUT2D eigenvalue weighted by atomic mass is 9.68. The van der Waals surface area contributed by atoms with Crippen LogP contribution in [0.4, 0.5) is 0 Å². The Hall–Kier alpha value is -3.48. The van der Waals surface area contributed by atoms with Crippen molar-refractivity contribution in [3.63, 3.8) is 0 Å². The SMILES string of the molecule is CCCC1(c2nnc[nH]2)c2ccc(C(=O)O)cc2CCc2cc(C(=O)O)ccc21. The fraction of sp³-hybridized carbons (Fsp3) is 0.273. The van der Waals surface area contributed by atoms with E-state index in [1.54, 1.807) is 24.3 Å². The predicted molar refractivity (Wildman–Crippen MR) is 105 cm³/mol. The molecule has 7 heteroatoms. The van der Waals surface area contributed by atoms with Gasteiger partial charge in [-0.15, -0.1) is 10.2 Å². The van der Waals surface area contributed by atoms with E-state index in [-0.39, 0.29) is 11.1 Å². The number of fused-ring (bicyclic) bond motifs is 2. The van der Waals surface area contributed by atoms with E-state index in [0.717, 1.165) is 35.1 Å². The van der Waals surface area contributed by atoms with Gasteiger partial charge in [-0.2, -0.15) is 0 Å². The van der Waals surface area contributed by atoms with E-state index < -0.39 is 17.4 Å². The van der Waals surface area contributed by atoms with E-state index in [9.17, 15) is 19.8 Å². The van der Waals surface area contributed by atoms with E-state index in [2.05, 4.69) is 22.1 Å². The van der Waals surface area contributed by atoms with Crippen LogP contribution in [-0.2, 0) is 18.3 Å². The molecule has 0 saturated heterocycles. The van der Waals surface area contributed by atoms with E-state index in [0.29, 0.717) is 18.7 Å². The lowest BCUT2D eigenvalue weighted by molar-refractivity contribution is 0.0686. The van der Waals surface area contributed by atoms with Gasteiger partial charge in [0.15, 0.2) is 0 Å². The van der Waals surface area contributed by atoms with Crippen LogP contribution in [0, 0.1) is 0 Å². The molecule has 0 spiro atoms. The molecular formula is C22H21N3O4. The van der Waals surface area contributed by atoms with Crippen LogP contribution < -0.4 is 0 Å². The van der Waals surface area contributed by atoms with Crippen LogP contribution >= 0.6 is 0 Å². The quantitative estimate of drug-likeness (QED) is 0.613. The molecule has 0 amide bonds. The molecule has 0 unspecified atom stereocenters. The van der Waals surface area contributed by atoms with Gasteiger partial charge >= 0.3 is 11.9 Å². The lowest BCUT2D eigenvalue weighted by Crippen LogP contribution is -2.32. The minimum Gasteiger partial charge on any atom is -0.478 e. The van der Waals surface area contributed by atoms with Crippen LogP contribution in [0.2, 0.25) is 0 Å². The third-order valence-corrected chi connectivity index (χ3v) is 5.73. The smallest absolute Gasteiger partial charge is 0.335 e. The van der Waals surface area contributed by atoms with Crippen LogP contribution in [0.25, 0.3) is 0 Å². The number of aromatic carboxylic acids is 2. The first-order valence-corrected chi connectivity index (χ1v) is 9.57. The molecule has 3 N–H and O–H groups in total. The molecule has 0 atom stereocenters. The number of hydrogen-bond donors (Lipinski definition) is 3. The largest absolute Gasteiger partial charge is 0.478 e. The molecule has 0 aliphatic heterocycles. The minimum atomic E-state index is -0.969. The van der Waals surface area contributed by atoms with Crippen molar-refractivity contribution in [2.24, 2.45) is 0 Å². The Bertz CT molecular complexity index is 1020. The van der Waals surface area contributed by atoms with E-state index in [1.807, 2.05) is 12.1 Å². The first-order chi connectivity index (χ1) is 14.0. The van der Waals surface area contributed by atoms with Gasteiger partial charge in [0.25, 0.3) is 0 Å². The number of carboxylic acid groups (broad SMARTS) is 2. The molecule has 7 nitrogen and oxygen atoms in total. The maximum Gasteiger partial charge on any atom is 0.335 e.